The maximum atomic E-state index is 12.5. The van der Waals surface area contributed by atoms with Crippen LogP contribution in [-0.4, -0.2) is 58.2 Å². The number of anilines is 1. The second-order valence-electron chi connectivity index (χ2n) is 7.64. The smallest absolute Gasteiger partial charge is 0.415 e. The van der Waals surface area contributed by atoms with E-state index in [1.807, 2.05) is 42.2 Å². The molecule has 1 aliphatic rings. The molecule has 164 valence electrons. The number of carboxylic acids is 1. The minimum Gasteiger partial charge on any atom is -0.478 e. The van der Waals surface area contributed by atoms with Gasteiger partial charge in [-0.15, -0.1) is 0 Å². The zero-order valence-corrected chi connectivity index (χ0v) is 17.8. The fourth-order valence-corrected chi connectivity index (χ4v) is 3.57. The fourth-order valence-electron chi connectivity index (χ4n) is 3.57. The average molecular weight is 432 g/mol. The number of pyridine rings is 2. The molecule has 0 radical (unpaired) electrons. The quantitative estimate of drug-likeness (QED) is 0.660. The first-order valence-corrected chi connectivity index (χ1v) is 10.4. The summed E-state index contributed by atoms with van der Waals surface area (Å²) in [7, 11) is 0. The molecule has 0 spiro atoms. The number of hydrogen-bond donors (Lipinski definition) is 1. The molecule has 1 saturated heterocycles. The molecule has 1 fully saturated rings. The number of carboxylic acid groups (broad SMARTS) is 1. The number of aromatic nitrogens is 2. The van der Waals surface area contributed by atoms with Gasteiger partial charge in [0.2, 0.25) is 0 Å². The largest absolute Gasteiger partial charge is 0.478 e. The van der Waals surface area contributed by atoms with Crippen LogP contribution < -0.4 is 9.64 Å². The summed E-state index contributed by atoms with van der Waals surface area (Å²) in [5.41, 5.74) is 3.23. The molecule has 1 aromatic carbocycles. The molecular formula is C24H24N4O4. The van der Waals surface area contributed by atoms with E-state index in [1.165, 1.54) is 12.3 Å². The van der Waals surface area contributed by atoms with E-state index in [0.29, 0.717) is 37.7 Å². The van der Waals surface area contributed by atoms with Crippen LogP contribution in [-0.2, 0) is 6.42 Å². The molecule has 0 unspecified atom stereocenters. The minimum absolute atomic E-state index is 0.150. The Labute approximate surface area is 186 Å². The molecule has 3 aromatic rings. The van der Waals surface area contributed by atoms with Crippen molar-refractivity contribution in [2.75, 3.05) is 31.1 Å². The van der Waals surface area contributed by atoms with Crippen LogP contribution >= 0.6 is 0 Å². The lowest BCUT2D eigenvalue weighted by Gasteiger charge is -2.34. The summed E-state index contributed by atoms with van der Waals surface area (Å²) in [6, 6.07) is 16.7. The van der Waals surface area contributed by atoms with Crippen LogP contribution in [0.5, 0.6) is 5.75 Å². The number of ether oxygens (including phenoxy) is 1. The van der Waals surface area contributed by atoms with Crippen LogP contribution in [0.2, 0.25) is 0 Å². The molecule has 0 atom stereocenters. The van der Waals surface area contributed by atoms with Crippen molar-refractivity contribution in [3.8, 4) is 5.75 Å². The number of aryl methyl sites for hydroxylation is 1. The first-order chi connectivity index (χ1) is 15.5. The standard InChI is InChI=1S/C24H24N4O4/c1-17-3-2-4-20(26-17)15-18-5-8-21(9-6-18)32-24(31)28-13-11-27(12-14-28)22-10-7-19(16-25-22)23(29)30/h2-10,16H,11-15H2,1H3,(H,29,30). The third kappa shape index (κ3) is 5.21. The minimum atomic E-state index is -1.00. The van der Waals surface area contributed by atoms with Crippen molar-refractivity contribution >= 4 is 17.9 Å². The van der Waals surface area contributed by atoms with Crippen molar-refractivity contribution in [2.24, 2.45) is 0 Å². The van der Waals surface area contributed by atoms with Crippen LogP contribution in [0.15, 0.2) is 60.8 Å². The molecular weight excluding hydrogens is 408 g/mol. The number of carbonyl (C=O) groups excluding carboxylic acids is 1. The third-order valence-corrected chi connectivity index (χ3v) is 5.32. The maximum absolute atomic E-state index is 12.5. The van der Waals surface area contributed by atoms with E-state index in [-0.39, 0.29) is 11.7 Å². The first kappa shape index (κ1) is 21.3. The number of rotatable bonds is 5. The monoisotopic (exact) mass is 432 g/mol. The second kappa shape index (κ2) is 9.47. The van der Waals surface area contributed by atoms with Gasteiger partial charge < -0.3 is 19.6 Å². The topological polar surface area (TPSA) is 95.9 Å². The number of aromatic carboxylic acids is 1. The van der Waals surface area contributed by atoms with Crippen LogP contribution in [0.1, 0.15) is 27.3 Å². The SMILES string of the molecule is Cc1cccc(Cc2ccc(OC(=O)N3CCN(c4ccc(C(=O)O)cn4)CC3)cc2)n1. The van der Waals surface area contributed by atoms with Gasteiger partial charge in [0.15, 0.2) is 0 Å². The molecule has 0 bridgehead atoms. The molecule has 1 N–H and O–H groups in total. The zero-order valence-electron chi connectivity index (χ0n) is 17.8. The van der Waals surface area contributed by atoms with Gasteiger partial charge in [0.25, 0.3) is 0 Å². The van der Waals surface area contributed by atoms with E-state index in [1.54, 1.807) is 23.1 Å². The van der Waals surface area contributed by atoms with E-state index in [4.69, 9.17) is 9.84 Å². The highest BCUT2D eigenvalue weighted by Gasteiger charge is 2.23. The Morgan fingerprint density at radius 3 is 2.38 bits per heavy atom. The summed E-state index contributed by atoms with van der Waals surface area (Å²) >= 11 is 0. The number of carbonyl (C=O) groups is 2. The first-order valence-electron chi connectivity index (χ1n) is 10.4. The highest BCUT2D eigenvalue weighted by Crippen LogP contribution is 2.18. The number of amides is 1. The predicted molar refractivity (Wildman–Crippen MR) is 119 cm³/mol. The van der Waals surface area contributed by atoms with E-state index < -0.39 is 5.97 Å². The maximum Gasteiger partial charge on any atom is 0.415 e. The van der Waals surface area contributed by atoms with Gasteiger partial charge in [0, 0.05) is 50.2 Å². The molecule has 0 aliphatic carbocycles. The Hall–Kier alpha value is -3.94. The Bertz CT molecular complexity index is 1090. The highest BCUT2D eigenvalue weighted by atomic mass is 16.6. The number of nitrogens with zero attached hydrogens (tertiary/aromatic N) is 4. The molecule has 8 heteroatoms. The van der Waals surface area contributed by atoms with Gasteiger partial charge in [0.05, 0.1) is 5.56 Å². The number of piperazine rings is 1. The number of hydrogen-bond acceptors (Lipinski definition) is 6. The van der Waals surface area contributed by atoms with E-state index in [0.717, 1.165) is 23.4 Å². The lowest BCUT2D eigenvalue weighted by molar-refractivity contribution is 0.0696. The Morgan fingerprint density at radius 1 is 1.00 bits per heavy atom. The van der Waals surface area contributed by atoms with Crippen molar-refractivity contribution in [2.45, 2.75) is 13.3 Å². The normalized spacial score (nSPS) is 13.7. The lowest BCUT2D eigenvalue weighted by atomic mass is 10.1. The number of benzene rings is 1. The summed E-state index contributed by atoms with van der Waals surface area (Å²) < 4.78 is 5.53. The molecule has 32 heavy (non-hydrogen) atoms. The van der Waals surface area contributed by atoms with Crippen molar-refractivity contribution in [1.82, 2.24) is 14.9 Å². The average Bonchev–Trinajstić information content (AvgIpc) is 2.80. The molecule has 2 aromatic heterocycles. The second-order valence-corrected chi connectivity index (χ2v) is 7.64. The van der Waals surface area contributed by atoms with Gasteiger partial charge in [0.1, 0.15) is 11.6 Å². The molecule has 4 rings (SSSR count). The molecule has 3 heterocycles. The van der Waals surface area contributed by atoms with Crippen molar-refractivity contribution in [3.05, 3.63) is 83.3 Å². The van der Waals surface area contributed by atoms with E-state index in [2.05, 4.69) is 9.97 Å². The fraction of sp³-hybridized carbons (Fsp3) is 0.250. The summed E-state index contributed by atoms with van der Waals surface area (Å²) in [6.07, 6.45) is 1.68. The summed E-state index contributed by atoms with van der Waals surface area (Å²) in [4.78, 5) is 35.9. The summed E-state index contributed by atoms with van der Waals surface area (Å²) in [6.45, 7) is 4.15. The van der Waals surface area contributed by atoms with Gasteiger partial charge in [-0.05, 0) is 48.9 Å². The van der Waals surface area contributed by atoms with Crippen LogP contribution in [0, 0.1) is 6.92 Å². The zero-order chi connectivity index (χ0) is 22.5. The van der Waals surface area contributed by atoms with Crippen LogP contribution in [0.25, 0.3) is 0 Å². The predicted octanol–water partition coefficient (Wildman–Crippen LogP) is 3.40. The van der Waals surface area contributed by atoms with Crippen LogP contribution in [0.4, 0.5) is 10.6 Å². The van der Waals surface area contributed by atoms with Crippen molar-refractivity contribution < 1.29 is 19.4 Å². The van der Waals surface area contributed by atoms with Crippen molar-refractivity contribution in [3.63, 3.8) is 0 Å². The van der Waals surface area contributed by atoms with E-state index in [9.17, 15) is 9.59 Å². The molecule has 1 aliphatic heterocycles. The summed E-state index contributed by atoms with van der Waals surface area (Å²) in [5, 5.41) is 8.98. The molecule has 8 nitrogen and oxygen atoms in total. The third-order valence-electron chi connectivity index (χ3n) is 5.32. The van der Waals surface area contributed by atoms with Crippen molar-refractivity contribution in [1.29, 1.82) is 0 Å². The van der Waals surface area contributed by atoms with Gasteiger partial charge in [-0.1, -0.05) is 18.2 Å². The van der Waals surface area contributed by atoms with Crippen LogP contribution in [0.3, 0.4) is 0 Å². The van der Waals surface area contributed by atoms with Gasteiger partial charge in [-0.3, -0.25) is 4.98 Å². The highest BCUT2D eigenvalue weighted by molar-refractivity contribution is 5.87. The van der Waals surface area contributed by atoms with Gasteiger partial charge >= 0.3 is 12.1 Å². The van der Waals surface area contributed by atoms with Gasteiger partial charge in [-0.25, -0.2) is 14.6 Å². The Morgan fingerprint density at radius 2 is 1.75 bits per heavy atom. The molecule has 1 amide bonds. The molecule has 0 saturated carbocycles. The van der Waals surface area contributed by atoms with Gasteiger partial charge in [-0.2, -0.15) is 0 Å². The summed E-state index contributed by atoms with van der Waals surface area (Å²) in [5.74, 6) is 0.197. The Kier molecular flexibility index (Phi) is 6.30. The van der Waals surface area contributed by atoms with E-state index >= 15 is 0 Å². The Balaban J connectivity index is 1.28. The lowest BCUT2D eigenvalue weighted by Crippen LogP contribution is -2.49.